The lowest BCUT2D eigenvalue weighted by Gasteiger charge is -2.03. The molecule has 0 N–H and O–H groups in total. The van der Waals surface area contributed by atoms with Gasteiger partial charge in [0.2, 0.25) is 0 Å². The number of carbonyl (C=O) groups excluding carboxylic acids is 2. The highest BCUT2D eigenvalue weighted by atomic mass is 16.5. The normalized spacial score (nSPS) is 23.3. The Morgan fingerprint density at radius 2 is 1.93 bits per heavy atom. The lowest BCUT2D eigenvalue weighted by atomic mass is 10.4. The number of nitrogens with zero attached hydrogens (tertiary/aromatic N) is 1. The Morgan fingerprint density at radius 3 is 2.53 bits per heavy atom. The van der Waals surface area contributed by atoms with Crippen LogP contribution in [-0.2, 0) is 19.1 Å². The molecule has 0 aliphatic carbocycles. The summed E-state index contributed by atoms with van der Waals surface area (Å²) in [6, 6.07) is -0.139. The Morgan fingerprint density at radius 1 is 1.27 bits per heavy atom. The van der Waals surface area contributed by atoms with Crippen LogP contribution >= 0.6 is 0 Å². The quantitative estimate of drug-likeness (QED) is 0.467. The first-order valence-corrected chi connectivity index (χ1v) is 5.25. The summed E-state index contributed by atoms with van der Waals surface area (Å²) in [6.07, 6.45) is 0.337. The molecule has 0 amide bonds. The third kappa shape index (κ3) is 3.87. The molecule has 0 bridgehead atoms. The van der Waals surface area contributed by atoms with E-state index in [1.54, 1.807) is 13.8 Å². The fourth-order valence-corrected chi connectivity index (χ4v) is 1.35. The zero-order valence-corrected chi connectivity index (χ0v) is 9.19. The topological polar surface area (TPSA) is 55.6 Å². The van der Waals surface area contributed by atoms with Crippen molar-refractivity contribution in [3.8, 4) is 0 Å². The van der Waals surface area contributed by atoms with Crippen molar-refractivity contribution in [2.24, 2.45) is 0 Å². The van der Waals surface area contributed by atoms with E-state index in [1.807, 2.05) is 4.90 Å². The summed E-state index contributed by atoms with van der Waals surface area (Å²) in [4.78, 5) is 24.1. The van der Waals surface area contributed by atoms with E-state index < -0.39 is 0 Å². The third-order valence-corrected chi connectivity index (χ3v) is 2.18. The monoisotopic (exact) mass is 215 g/mol. The lowest BCUT2D eigenvalue weighted by molar-refractivity contribution is -0.145. The number of rotatable bonds is 6. The molecule has 1 rings (SSSR count). The van der Waals surface area contributed by atoms with Gasteiger partial charge >= 0.3 is 11.9 Å². The van der Waals surface area contributed by atoms with Gasteiger partial charge in [-0.05, 0) is 13.8 Å². The molecular weight excluding hydrogens is 198 g/mol. The van der Waals surface area contributed by atoms with Gasteiger partial charge in [0.1, 0.15) is 6.04 Å². The van der Waals surface area contributed by atoms with Gasteiger partial charge in [-0.3, -0.25) is 14.5 Å². The zero-order valence-electron chi connectivity index (χ0n) is 9.19. The molecule has 15 heavy (non-hydrogen) atoms. The first-order chi connectivity index (χ1) is 7.19. The SMILES string of the molecule is CCOC(=O)CCN1C[C@H]1C(=O)OCC. The number of esters is 2. The van der Waals surface area contributed by atoms with Crippen LogP contribution in [0, 0.1) is 0 Å². The van der Waals surface area contributed by atoms with Crippen LogP contribution in [0.4, 0.5) is 0 Å². The molecule has 0 aromatic heterocycles. The van der Waals surface area contributed by atoms with E-state index in [-0.39, 0.29) is 18.0 Å². The van der Waals surface area contributed by atoms with Crippen LogP contribution in [0.2, 0.25) is 0 Å². The summed E-state index contributed by atoms with van der Waals surface area (Å²) < 4.78 is 9.64. The number of carbonyl (C=O) groups is 2. The standard InChI is InChI=1S/C10H17NO4/c1-3-14-9(12)5-6-11-7-8(11)10(13)15-4-2/h8H,3-7H2,1-2H3/t8-,11?/m0/s1. The van der Waals surface area contributed by atoms with Gasteiger partial charge < -0.3 is 9.47 Å². The highest BCUT2D eigenvalue weighted by Crippen LogP contribution is 2.18. The molecule has 1 aliphatic rings. The lowest BCUT2D eigenvalue weighted by Crippen LogP contribution is -2.18. The second kappa shape index (κ2) is 5.70. The maximum absolute atomic E-state index is 11.2. The van der Waals surface area contributed by atoms with Gasteiger partial charge in [0.25, 0.3) is 0 Å². The fraction of sp³-hybridized carbons (Fsp3) is 0.800. The molecule has 86 valence electrons. The van der Waals surface area contributed by atoms with Crippen molar-refractivity contribution in [3.63, 3.8) is 0 Å². The van der Waals surface area contributed by atoms with E-state index in [2.05, 4.69) is 0 Å². The molecule has 5 nitrogen and oxygen atoms in total. The minimum atomic E-state index is -0.216. The summed E-state index contributed by atoms with van der Waals surface area (Å²) >= 11 is 0. The van der Waals surface area contributed by atoms with Crippen molar-refractivity contribution in [1.82, 2.24) is 4.90 Å². The van der Waals surface area contributed by atoms with Crippen LogP contribution in [0.3, 0.4) is 0 Å². The maximum atomic E-state index is 11.2. The van der Waals surface area contributed by atoms with Gasteiger partial charge in [-0.25, -0.2) is 0 Å². The van der Waals surface area contributed by atoms with Crippen molar-refractivity contribution in [2.45, 2.75) is 26.3 Å². The van der Waals surface area contributed by atoms with E-state index in [4.69, 9.17) is 9.47 Å². The van der Waals surface area contributed by atoms with Gasteiger partial charge in [-0.1, -0.05) is 0 Å². The molecule has 0 saturated carbocycles. The van der Waals surface area contributed by atoms with Crippen molar-refractivity contribution >= 4 is 11.9 Å². The Bertz CT molecular complexity index is 242. The Labute approximate surface area is 89.3 Å². The summed E-state index contributed by atoms with van der Waals surface area (Å²) in [5.41, 5.74) is 0. The van der Waals surface area contributed by atoms with Crippen LogP contribution in [-0.4, -0.2) is 49.2 Å². The van der Waals surface area contributed by atoms with Crippen LogP contribution in [0.1, 0.15) is 20.3 Å². The summed E-state index contributed by atoms with van der Waals surface area (Å²) in [5.74, 6) is -0.409. The van der Waals surface area contributed by atoms with E-state index in [9.17, 15) is 9.59 Å². The molecule has 1 saturated heterocycles. The fourth-order valence-electron chi connectivity index (χ4n) is 1.35. The average molecular weight is 215 g/mol. The number of hydrogen-bond acceptors (Lipinski definition) is 5. The Kier molecular flexibility index (Phi) is 4.55. The molecule has 0 aromatic rings. The first kappa shape index (κ1) is 12.0. The largest absolute Gasteiger partial charge is 0.466 e. The molecule has 1 heterocycles. The van der Waals surface area contributed by atoms with Crippen LogP contribution < -0.4 is 0 Å². The molecule has 1 aliphatic heterocycles. The second-order valence-corrected chi connectivity index (χ2v) is 3.32. The van der Waals surface area contributed by atoms with Gasteiger partial charge in [-0.2, -0.15) is 0 Å². The second-order valence-electron chi connectivity index (χ2n) is 3.32. The van der Waals surface area contributed by atoms with Crippen molar-refractivity contribution in [1.29, 1.82) is 0 Å². The van der Waals surface area contributed by atoms with Gasteiger partial charge in [0.05, 0.1) is 19.6 Å². The van der Waals surface area contributed by atoms with Crippen LogP contribution in [0.15, 0.2) is 0 Å². The molecule has 5 heteroatoms. The van der Waals surface area contributed by atoms with Crippen molar-refractivity contribution in [2.75, 3.05) is 26.3 Å². The van der Waals surface area contributed by atoms with Crippen molar-refractivity contribution in [3.05, 3.63) is 0 Å². The predicted octanol–water partition coefficient (Wildman–Crippen LogP) is 0.187. The minimum Gasteiger partial charge on any atom is -0.466 e. The Balaban J connectivity index is 2.11. The van der Waals surface area contributed by atoms with E-state index in [0.29, 0.717) is 32.7 Å². The van der Waals surface area contributed by atoms with Gasteiger partial charge in [0.15, 0.2) is 0 Å². The Hall–Kier alpha value is -1.10. The van der Waals surface area contributed by atoms with Crippen LogP contribution in [0.5, 0.6) is 0 Å². The molecule has 0 spiro atoms. The third-order valence-electron chi connectivity index (χ3n) is 2.18. The van der Waals surface area contributed by atoms with Crippen molar-refractivity contribution < 1.29 is 19.1 Å². The average Bonchev–Trinajstić information content (AvgIpc) is 2.95. The maximum Gasteiger partial charge on any atom is 0.324 e. The molecule has 2 atom stereocenters. The minimum absolute atomic E-state index is 0.139. The predicted molar refractivity (Wildman–Crippen MR) is 53.2 cm³/mol. The van der Waals surface area contributed by atoms with Gasteiger partial charge in [0, 0.05) is 13.1 Å². The smallest absolute Gasteiger partial charge is 0.324 e. The summed E-state index contributed by atoms with van der Waals surface area (Å²) in [5, 5.41) is 0. The van der Waals surface area contributed by atoms with E-state index in [0.717, 1.165) is 0 Å². The first-order valence-electron chi connectivity index (χ1n) is 5.25. The summed E-state index contributed by atoms with van der Waals surface area (Å²) in [7, 11) is 0. The molecule has 0 radical (unpaired) electrons. The molecule has 1 fully saturated rings. The summed E-state index contributed by atoms with van der Waals surface area (Å²) in [6.45, 7) is 5.63. The zero-order chi connectivity index (χ0) is 11.3. The molecular formula is C10H17NO4. The van der Waals surface area contributed by atoms with E-state index >= 15 is 0 Å². The number of hydrogen-bond donors (Lipinski definition) is 0. The highest BCUT2D eigenvalue weighted by molar-refractivity contribution is 5.79. The highest BCUT2D eigenvalue weighted by Gasteiger charge is 2.41. The molecule has 1 unspecified atom stereocenters. The molecule has 0 aromatic carbocycles. The van der Waals surface area contributed by atoms with Crippen LogP contribution in [0.25, 0.3) is 0 Å². The van der Waals surface area contributed by atoms with Gasteiger partial charge in [-0.15, -0.1) is 0 Å². The van der Waals surface area contributed by atoms with E-state index in [1.165, 1.54) is 0 Å². The number of ether oxygens (including phenoxy) is 2.